The second-order valence-electron chi connectivity index (χ2n) is 9.54. The Morgan fingerprint density at radius 3 is 1.79 bits per heavy atom. The van der Waals surface area contributed by atoms with Crippen LogP contribution in [0.25, 0.3) is 32.7 Å². The summed E-state index contributed by atoms with van der Waals surface area (Å²) in [6.45, 7) is 3.77. The molecule has 2 atom stereocenters. The minimum atomic E-state index is -2.40. The Balaban J connectivity index is 1.67. The summed E-state index contributed by atoms with van der Waals surface area (Å²) in [6.07, 6.45) is 0. The van der Waals surface area contributed by atoms with Crippen LogP contribution in [0, 0.1) is 13.8 Å². The van der Waals surface area contributed by atoms with Crippen molar-refractivity contribution in [2.75, 3.05) is 7.11 Å². The van der Waals surface area contributed by atoms with Crippen molar-refractivity contribution in [1.29, 1.82) is 0 Å². The van der Waals surface area contributed by atoms with Gasteiger partial charge in [0.15, 0.2) is 0 Å². The maximum Gasteiger partial charge on any atom is 0.366 e. The number of rotatable bonds is 6. The Labute approximate surface area is 230 Å². The first-order chi connectivity index (χ1) is 18.9. The van der Waals surface area contributed by atoms with Crippen LogP contribution in [-0.2, 0) is 9.84 Å². The number of ether oxygens (including phenoxy) is 2. The highest BCUT2D eigenvalue weighted by atomic mass is 35.5. The molecule has 3 aromatic carbocycles. The molecule has 0 fully saturated rings. The van der Waals surface area contributed by atoms with Gasteiger partial charge in [-0.05, 0) is 61.4 Å². The van der Waals surface area contributed by atoms with Crippen molar-refractivity contribution in [2.45, 2.75) is 25.7 Å². The molecule has 0 aliphatic heterocycles. The fraction of sp³-hybridized carbons (Fsp3) is 0.156. The number of halogens is 1. The minimum absolute atomic E-state index is 0.271. The Morgan fingerprint density at radius 1 is 0.692 bits per heavy atom. The van der Waals surface area contributed by atoms with E-state index in [1.165, 1.54) is 7.11 Å². The molecule has 6 aromatic rings. The van der Waals surface area contributed by atoms with Gasteiger partial charge in [-0.25, -0.2) is 4.98 Å². The average molecular weight is 535 g/mol. The Hall–Kier alpha value is -4.10. The first kappa shape index (κ1) is 25.2. The number of hydrogen-bond acceptors (Lipinski definition) is 5. The largest absolute Gasteiger partial charge is 0.436 e. The number of para-hydroxylation sites is 3. The van der Waals surface area contributed by atoms with Crippen LogP contribution in [0.4, 0.5) is 0 Å². The second kappa shape index (κ2) is 9.89. The van der Waals surface area contributed by atoms with Gasteiger partial charge in [0, 0.05) is 40.7 Å². The third-order valence-electron chi connectivity index (χ3n) is 6.91. The highest BCUT2D eigenvalue weighted by Gasteiger charge is 2.46. The summed E-state index contributed by atoms with van der Waals surface area (Å²) in [7, 11) is 1.37. The summed E-state index contributed by atoms with van der Waals surface area (Å²) in [5.41, 5.74) is 5.02. The Morgan fingerprint density at radius 2 is 1.18 bits per heavy atom. The quantitative estimate of drug-likeness (QED) is 0.163. The smallest absolute Gasteiger partial charge is 0.366 e. The number of nitrogens with zero attached hydrogens (tertiary/aromatic N) is 3. The SMILES string of the molecule is COC([O])(Oc1cc(C)nc2ccccc12)C(c1cc(C)nc2ccccc12)c1cc(Cl)nc2ccccc12. The van der Waals surface area contributed by atoms with Gasteiger partial charge < -0.3 is 9.47 Å². The molecule has 6 rings (SSSR count). The topological polar surface area (TPSA) is 77.0 Å². The number of benzene rings is 3. The molecule has 0 N–H and O–H groups in total. The lowest BCUT2D eigenvalue weighted by Crippen LogP contribution is -2.44. The first-order valence-electron chi connectivity index (χ1n) is 12.6. The van der Waals surface area contributed by atoms with E-state index < -0.39 is 11.9 Å². The summed E-state index contributed by atoms with van der Waals surface area (Å²) in [5.74, 6) is -2.97. The Bertz CT molecular complexity index is 1770. The number of aryl methyl sites for hydroxylation is 2. The van der Waals surface area contributed by atoms with E-state index in [1.807, 2.05) is 92.7 Å². The molecule has 0 spiro atoms. The maximum absolute atomic E-state index is 15.1. The summed E-state index contributed by atoms with van der Waals surface area (Å²) in [6, 6.07) is 28.3. The van der Waals surface area contributed by atoms with Crippen LogP contribution in [0.1, 0.15) is 28.4 Å². The standard InChI is InChI=1S/C32H25ClN3O3/c1-19-16-24(21-10-4-7-13-26(21)34-19)31(25-18-30(33)36-27-14-8-5-11-22(25)27)32(37,38-3)39-29-17-20(2)35-28-15-9-6-12-23(28)29/h4-18,31H,1-3H3. The molecule has 39 heavy (non-hydrogen) atoms. The molecule has 0 saturated carbocycles. The molecule has 0 aliphatic carbocycles. The lowest BCUT2D eigenvalue weighted by atomic mass is 9.84. The van der Waals surface area contributed by atoms with Crippen LogP contribution in [0.2, 0.25) is 5.15 Å². The number of aromatic nitrogens is 3. The molecule has 7 heteroatoms. The Kier molecular flexibility index (Phi) is 6.39. The minimum Gasteiger partial charge on any atom is -0.436 e. The molecule has 2 unspecified atom stereocenters. The number of methoxy groups -OCH3 is 1. The average Bonchev–Trinajstić information content (AvgIpc) is 2.93. The van der Waals surface area contributed by atoms with E-state index in [1.54, 1.807) is 12.1 Å². The predicted octanol–water partition coefficient (Wildman–Crippen LogP) is 7.54. The van der Waals surface area contributed by atoms with E-state index in [0.29, 0.717) is 22.2 Å². The number of fused-ring (bicyclic) bond motifs is 3. The van der Waals surface area contributed by atoms with Crippen LogP contribution in [-0.4, -0.2) is 28.0 Å². The van der Waals surface area contributed by atoms with Gasteiger partial charge >= 0.3 is 5.97 Å². The van der Waals surface area contributed by atoms with Crippen molar-refractivity contribution < 1.29 is 14.6 Å². The van der Waals surface area contributed by atoms with Gasteiger partial charge in [-0.15, -0.1) is 0 Å². The third kappa shape index (κ3) is 4.57. The fourth-order valence-corrected chi connectivity index (χ4v) is 5.47. The summed E-state index contributed by atoms with van der Waals surface area (Å²) in [4.78, 5) is 13.8. The zero-order valence-corrected chi connectivity index (χ0v) is 22.4. The highest BCUT2D eigenvalue weighted by molar-refractivity contribution is 6.30. The predicted molar refractivity (Wildman–Crippen MR) is 153 cm³/mol. The molecule has 193 valence electrons. The van der Waals surface area contributed by atoms with Gasteiger partial charge in [-0.2, -0.15) is 5.11 Å². The zero-order chi connectivity index (χ0) is 27.1. The summed E-state index contributed by atoms with van der Waals surface area (Å²) < 4.78 is 12.2. The van der Waals surface area contributed by atoms with Crippen LogP contribution in [0.3, 0.4) is 0 Å². The van der Waals surface area contributed by atoms with Crippen molar-refractivity contribution in [2.24, 2.45) is 0 Å². The second-order valence-corrected chi connectivity index (χ2v) is 9.93. The van der Waals surface area contributed by atoms with Gasteiger partial charge in [0.1, 0.15) is 16.8 Å². The van der Waals surface area contributed by atoms with Crippen LogP contribution in [0.5, 0.6) is 5.75 Å². The molecular formula is C32H25ClN3O3. The molecule has 0 amide bonds. The summed E-state index contributed by atoms with van der Waals surface area (Å²) in [5, 5.41) is 17.6. The van der Waals surface area contributed by atoms with E-state index in [9.17, 15) is 0 Å². The molecule has 3 heterocycles. The third-order valence-corrected chi connectivity index (χ3v) is 7.11. The van der Waals surface area contributed by atoms with Crippen LogP contribution in [0.15, 0.2) is 91.0 Å². The van der Waals surface area contributed by atoms with Crippen molar-refractivity contribution in [3.63, 3.8) is 0 Å². The molecule has 0 bridgehead atoms. The molecular weight excluding hydrogens is 510 g/mol. The lowest BCUT2D eigenvalue weighted by molar-refractivity contribution is -0.346. The van der Waals surface area contributed by atoms with Gasteiger partial charge in [0.05, 0.1) is 16.6 Å². The van der Waals surface area contributed by atoms with Crippen molar-refractivity contribution >= 4 is 44.3 Å². The van der Waals surface area contributed by atoms with Crippen molar-refractivity contribution in [3.05, 3.63) is 119 Å². The van der Waals surface area contributed by atoms with Crippen molar-refractivity contribution in [1.82, 2.24) is 15.0 Å². The van der Waals surface area contributed by atoms with Crippen molar-refractivity contribution in [3.8, 4) is 5.75 Å². The first-order valence-corrected chi connectivity index (χ1v) is 13.0. The molecule has 6 nitrogen and oxygen atoms in total. The van der Waals surface area contributed by atoms with E-state index >= 15 is 5.11 Å². The van der Waals surface area contributed by atoms with Gasteiger partial charge in [-0.3, -0.25) is 9.97 Å². The molecule has 3 aromatic heterocycles. The molecule has 1 radical (unpaired) electrons. The monoisotopic (exact) mass is 534 g/mol. The zero-order valence-electron chi connectivity index (χ0n) is 21.7. The highest BCUT2D eigenvalue weighted by Crippen LogP contribution is 2.44. The van der Waals surface area contributed by atoms with Crippen LogP contribution < -0.4 is 4.74 Å². The lowest BCUT2D eigenvalue weighted by Gasteiger charge is -2.34. The van der Waals surface area contributed by atoms with Gasteiger partial charge in [-0.1, -0.05) is 60.1 Å². The van der Waals surface area contributed by atoms with Crippen LogP contribution >= 0.6 is 11.6 Å². The maximum atomic E-state index is 15.1. The number of hydrogen-bond donors (Lipinski definition) is 0. The normalized spacial score (nSPS) is 14.0. The van der Waals surface area contributed by atoms with Gasteiger partial charge in [0.2, 0.25) is 0 Å². The van der Waals surface area contributed by atoms with E-state index in [0.717, 1.165) is 38.8 Å². The fourth-order valence-electron chi connectivity index (χ4n) is 5.26. The van der Waals surface area contributed by atoms with E-state index in [-0.39, 0.29) is 5.15 Å². The van der Waals surface area contributed by atoms with E-state index in [2.05, 4.69) is 9.97 Å². The summed E-state index contributed by atoms with van der Waals surface area (Å²) >= 11 is 6.54. The van der Waals surface area contributed by atoms with E-state index in [4.69, 9.17) is 26.1 Å². The molecule has 0 saturated heterocycles. The number of pyridine rings is 3. The molecule has 0 aliphatic rings. The van der Waals surface area contributed by atoms with Gasteiger partial charge in [0.25, 0.3) is 0 Å².